The van der Waals surface area contributed by atoms with E-state index in [2.05, 4.69) is 50.0 Å². The summed E-state index contributed by atoms with van der Waals surface area (Å²) in [7, 11) is 0. The lowest BCUT2D eigenvalue weighted by atomic mass is 9.86. The molecule has 0 aliphatic heterocycles. The van der Waals surface area contributed by atoms with Crippen LogP contribution in [0.15, 0.2) is 35.1 Å². The third-order valence-electron chi connectivity index (χ3n) is 2.85. The molecule has 0 saturated heterocycles. The highest BCUT2D eigenvalue weighted by molar-refractivity contribution is 5.60. The van der Waals surface area contributed by atoms with E-state index >= 15 is 0 Å². The smallest absolute Gasteiger partial charge is 0.181 e. The highest BCUT2D eigenvalue weighted by atomic mass is 16.3. The van der Waals surface area contributed by atoms with E-state index in [1.54, 1.807) is 0 Å². The number of oxazole rings is 1. The van der Waals surface area contributed by atoms with Gasteiger partial charge >= 0.3 is 0 Å². The van der Waals surface area contributed by atoms with Gasteiger partial charge in [-0.1, -0.05) is 45.0 Å². The number of nitrogens with two attached hydrogens (primary N) is 1. The maximum absolute atomic E-state index is 5.61. The molecule has 0 atom stereocenters. The molecule has 0 fully saturated rings. The molecule has 0 unspecified atom stereocenters. The molecule has 2 N–H and O–H groups in total. The lowest BCUT2D eigenvalue weighted by Crippen LogP contribution is -2.10. The first-order valence-electron chi connectivity index (χ1n) is 5.75. The van der Waals surface area contributed by atoms with Crippen LogP contribution in [0.25, 0.3) is 11.3 Å². The van der Waals surface area contributed by atoms with Crippen molar-refractivity contribution >= 4 is 0 Å². The van der Waals surface area contributed by atoms with Crippen LogP contribution in [0.2, 0.25) is 0 Å². The Morgan fingerprint density at radius 3 is 2.35 bits per heavy atom. The normalized spacial score (nSPS) is 11.8. The Bertz CT molecular complexity index is 492. The van der Waals surface area contributed by atoms with E-state index < -0.39 is 0 Å². The number of nitrogens with zero attached hydrogens (tertiary/aromatic N) is 1. The first-order valence-corrected chi connectivity index (χ1v) is 5.75. The fraction of sp³-hybridized carbons (Fsp3) is 0.357. The quantitative estimate of drug-likeness (QED) is 0.862. The number of hydrogen-bond acceptors (Lipinski definition) is 3. The lowest BCUT2D eigenvalue weighted by molar-refractivity contribution is 0.570. The topological polar surface area (TPSA) is 52.0 Å². The van der Waals surface area contributed by atoms with Gasteiger partial charge in [-0.2, -0.15) is 0 Å². The number of hydrogen-bond donors (Lipinski definition) is 1. The zero-order valence-electron chi connectivity index (χ0n) is 10.5. The van der Waals surface area contributed by atoms with Crippen LogP contribution in [0.5, 0.6) is 0 Å². The molecule has 17 heavy (non-hydrogen) atoms. The van der Waals surface area contributed by atoms with Gasteiger partial charge < -0.3 is 10.2 Å². The standard InChI is InChI=1S/C14H18N2O/c1-14(2,3)11-6-4-10(5-7-11)13-12(8-15)16-9-17-13/h4-7,9H,8,15H2,1-3H3. The summed E-state index contributed by atoms with van der Waals surface area (Å²) < 4.78 is 5.38. The van der Waals surface area contributed by atoms with Gasteiger partial charge in [0.15, 0.2) is 12.2 Å². The number of rotatable bonds is 2. The molecule has 0 spiro atoms. The first kappa shape index (κ1) is 11.9. The average molecular weight is 230 g/mol. The van der Waals surface area contributed by atoms with Gasteiger partial charge in [0.05, 0.1) is 0 Å². The Kier molecular flexibility index (Phi) is 3.03. The Hall–Kier alpha value is -1.61. The maximum Gasteiger partial charge on any atom is 0.181 e. The van der Waals surface area contributed by atoms with Crippen LogP contribution in [0.3, 0.4) is 0 Å². The van der Waals surface area contributed by atoms with Gasteiger partial charge in [-0.25, -0.2) is 4.98 Å². The van der Waals surface area contributed by atoms with E-state index in [0.717, 1.165) is 17.0 Å². The Labute approximate surface area is 102 Å². The van der Waals surface area contributed by atoms with Gasteiger partial charge in [-0.15, -0.1) is 0 Å². The molecule has 3 heteroatoms. The predicted molar refractivity (Wildman–Crippen MR) is 68.5 cm³/mol. The van der Waals surface area contributed by atoms with Gasteiger partial charge in [0.1, 0.15) is 5.69 Å². The van der Waals surface area contributed by atoms with Crippen LogP contribution >= 0.6 is 0 Å². The molecule has 1 aromatic carbocycles. The molecule has 3 nitrogen and oxygen atoms in total. The third kappa shape index (κ3) is 2.39. The van der Waals surface area contributed by atoms with Crippen molar-refractivity contribution in [3.05, 3.63) is 41.9 Å². The fourth-order valence-corrected chi connectivity index (χ4v) is 1.77. The SMILES string of the molecule is CC(C)(C)c1ccc(-c2ocnc2CN)cc1. The molecule has 0 radical (unpaired) electrons. The second-order valence-corrected chi connectivity index (χ2v) is 5.16. The van der Waals surface area contributed by atoms with Crippen LogP contribution in [0, 0.1) is 0 Å². The van der Waals surface area contributed by atoms with E-state index in [1.807, 2.05) is 0 Å². The minimum absolute atomic E-state index is 0.163. The van der Waals surface area contributed by atoms with Crippen molar-refractivity contribution in [2.45, 2.75) is 32.7 Å². The molecular weight excluding hydrogens is 212 g/mol. The van der Waals surface area contributed by atoms with E-state index in [4.69, 9.17) is 10.2 Å². The molecule has 0 amide bonds. The van der Waals surface area contributed by atoms with Gasteiger partial charge in [-0.3, -0.25) is 0 Å². The van der Waals surface area contributed by atoms with E-state index in [9.17, 15) is 0 Å². The summed E-state index contributed by atoms with van der Waals surface area (Å²) in [6, 6.07) is 8.36. The minimum atomic E-state index is 0.163. The number of aromatic nitrogens is 1. The minimum Gasteiger partial charge on any atom is -0.443 e. The fourth-order valence-electron chi connectivity index (χ4n) is 1.77. The number of benzene rings is 1. The van der Waals surface area contributed by atoms with Crippen LogP contribution in [0.4, 0.5) is 0 Å². The maximum atomic E-state index is 5.61. The van der Waals surface area contributed by atoms with Crippen molar-refractivity contribution in [2.75, 3.05) is 0 Å². The zero-order chi connectivity index (χ0) is 12.5. The van der Waals surface area contributed by atoms with Crippen molar-refractivity contribution in [1.29, 1.82) is 0 Å². The summed E-state index contributed by atoms with van der Waals surface area (Å²) >= 11 is 0. The van der Waals surface area contributed by atoms with Crippen LogP contribution in [-0.2, 0) is 12.0 Å². The van der Waals surface area contributed by atoms with E-state index in [0.29, 0.717) is 6.54 Å². The first-order chi connectivity index (χ1) is 8.02. The Morgan fingerprint density at radius 1 is 1.18 bits per heavy atom. The van der Waals surface area contributed by atoms with Crippen LogP contribution in [-0.4, -0.2) is 4.98 Å². The Morgan fingerprint density at radius 2 is 1.82 bits per heavy atom. The van der Waals surface area contributed by atoms with Crippen molar-refractivity contribution in [3.63, 3.8) is 0 Å². The Balaban J connectivity index is 2.36. The summed E-state index contributed by atoms with van der Waals surface area (Å²) in [4.78, 5) is 4.09. The summed E-state index contributed by atoms with van der Waals surface area (Å²) in [5, 5.41) is 0. The summed E-state index contributed by atoms with van der Waals surface area (Å²) in [6.45, 7) is 6.98. The van der Waals surface area contributed by atoms with E-state index in [1.165, 1.54) is 12.0 Å². The average Bonchev–Trinajstić information content (AvgIpc) is 2.76. The second-order valence-electron chi connectivity index (χ2n) is 5.16. The highest BCUT2D eigenvalue weighted by Crippen LogP contribution is 2.27. The molecule has 2 rings (SSSR count). The molecule has 0 aliphatic rings. The largest absolute Gasteiger partial charge is 0.443 e. The predicted octanol–water partition coefficient (Wildman–Crippen LogP) is 3.10. The summed E-state index contributed by atoms with van der Waals surface area (Å²) in [6.07, 6.45) is 1.44. The molecular formula is C14H18N2O. The molecule has 1 aromatic heterocycles. The van der Waals surface area contributed by atoms with Gasteiger partial charge in [0.2, 0.25) is 0 Å². The van der Waals surface area contributed by atoms with Crippen molar-refractivity contribution in [1.82, 2.24) is 4.98 Å². The third-order valence-corrected chi connectivity index (χ3v) is 2.85. The molecule has 0 aliphatic carbocycles. The summed E-state index contributed by atoms with van der Waals surface area (Å²) in [5.41, 5.74) is 8.90. The zero-order valence-corrected chi connectivity index (χ0v) is 10.5. The highest BCUT2D eigenvalue weighted by Gasteiger charge is 2.14. The van der Waals surface area contributed by atoms with Crippen molar-refractivity contribution < 1.29 is 4.42 Å². The second kappa shape index (κ2) is 4.34. The lowest BCUT2D eigenvalue weighted by Gasteiger charge is -2.18. The molecule has 0 saturated carbocycles. The van der Waals surface area contributed by atoms with Crippen molar-refractivity contribution in [3.8, 4) is 11.3 Å². The van der Waals surface area contributed by atoms with Gasteiger partial charge in [-0.05, 0) is 11.0 Å². The van der Waals surface area contributed by atoms with Crippen molar-refractivity contribution in [2.24, 2.45) is 5.73 Å². The molecule has 90 valence electrons. The van der Waals surface area contributed by atoms with Crippen LogP contribution < -0.4 is 5.73 Å². The molecule has 2 aromatic rings. The monoisotopic (exact) mass is 230 g/mol. The molecule has 1 heterocycles. The van der Waals surface area contributed by atoms with Gasteiger partial charge in [0, 0.05) is 12.1 Å². The van der Waals surface area contributed by atoms with Crippen LogP contribution in [0.1, 0.15) is 32.0 Å². The summed E-state index contributed by atoms with van der Waals surface area (Å²) in [5.74, 6) is 0.771. The van der Waals surface area contributed by atoms with E-state index in [-0.39, 0.29) is 5.41 Å². The molecule has 0 bridgehead atoms. The van der Waals surface area contributed by atoms with Gasteiger partial charge in [0.25, 0.3) is 0 Å².